The smallest absolute Gasteiger partial charge is 0.238 e. The number of anilines is 1. The number of carbonyl (C=O) groups is 1. The van der Waals surface area contributed by atoms with Crippen molar-refractivity contribution in [3.05, 3.63) is 58.9 Å². The molecule has 1 aliphatic heterocycles. The number of nitrogens with zero attached hydrogens (tertiary/aromatic N) is 3. The molecule has 146 valence electrons. The van der Waals surface area contributed by atoms with Crippen molar-refractivity contribution in [2.24, 2.45) is 0 Å². The number of nitrogens with one attached hydrogen (secondary N) is 1. The fraction of sp³-hybridized carbons (Fsp3) is 0.300. The first kappa shape index (κ1) is 18.8. The van der Waals surface area contributed by atoms with Crippen LogP contribution in [0.4, 0.5) is 10.1 Å². The van der Waals surface area contributed by atoms with Crippen LogP contribution >= 0.6 is 11.3 Å². The molecule has 1 N–H and O–H groups in total. The van der Waals surface area contributed by atoms with Crippen LogP contribution in [0.2, 0.25) is 0 Å². The zero-order valence-corrected chi connectivity index (χ0v) is 16.1. The molecule has 0 aliphatic carbocycles. The summed E-state index contributed by atoms with van der Waals surface area (Å²) < 4.78 is 18.3. The van der Waals surface area contributed by atoms with Gasteiger partial charge in [0.1, 0.15) is 16.5 Å². The maximum Gasteiger partial charge on any atom is 0.238 e. The van der Waals surface area contributed by atoms with E-state index in [1.807, 2.05) is 17.5 Å². The first-order valence-electron chi connectivity index (χ1n) is 9.14. The minimum absolute atomic E-state index is 0.0805. The molecule has 1 fully saturated rings. The summed E-state index contributed by atoms with van der Waals surface area (Å²) in [6.45, 7) is 4.57. The molecule has 28 heavy (non-hydrogen) atoms. The Bertz CT molecular complexity index is 903. The quantitative estimate of drug-likeness (QED) is 0.688. The van der Waals surface area contributed by atoms with Crippen LogP contribution < -0.4 is 5.32 Å². The number of halogens is 1. The zero-order valence-electron chi connectivity index (χ0n) is 15.3. The second-order valence-electron chi connectivity index (χ2n) is 6.71. The Morgan fingerprint density at radius 2 is 1.89 bits per heavy atom. The highest BCUT2D eigenvalue weighted by Gasteiger charge is 2.20. The summed E-state index contributed by atoms with van der Waals surface area (Å²) in [6.07, 6.45) is 1.65. The third-order valence-corrected chi connectivity index (χ3v) is 5.48. The summed E-state index contributed by atoms with van der Waals surface area (Å²) in [5.74, 6) is 0.396. The molecule has 0 radical (unpaired) electrons. The predicted molar refractivity (Wildman–Crippen MR) is 107 cm³/mol. The zero-order chi connectivity index (χ0) is 19.3. The van der Waals surface area contributed by atoms with Crippen LogP contribution in [0.3, 0.4) is 0 Å². The lowest BCUT2D eigenvalue weighted by Gasteiger charge is -2.33. The molecule has 0 atom stereocenters. The number of benzene rings is 1. The minimum Gasteiger partial charge on any atom is -0.463 e. The van der Waals surface area contributed by atoms with Gasteiger partial charge >= 0.3 is 0 Å². The molecule has 3 heterocycles. The van der Waals surface area contributed by atoms with E-state index >= 15 is 0 Å². The third-order valence-electron chi connectivity index (χ3n) is 4.64. The average molecular weight is 400 g/mol. The van der Waals surface area contributed by atoms with Gasteiger partial charge in [0.25, 0.3) is 0 Å². The molecule has 6 nitrogen and oxygen atoms in total. The Labute approximate surface area is 166 Å². The van der Waals surface area contributed by atoms with E-state index in [1.54, 1.807) is 29.7 Å². The molecule has 0 saturated carbocycles. The van der Waals surface area contributed by atoms with E-state index in [0.29, 0.717) is 12.2 Å². The maximum atomic E-state index is 12.9. The van der Waals surface area contributed by atoms with Crippen molar-refractivity contribution in [3.63, 3.8) is 0 Å². The number of piperazine rings is 1. The molecule has 8 heteroatoms. The molecule has 1 saturated heterocycles. The molecular weight excluding hydrogens is 379 g/mol. The van der Waals surface area contributed by atoms with E-state index < -0.39 is 0 Å². The van der Waals surface area contributed by atoms with Crippen LogP contribution in [0.15, 0.2) is 52.5 Å². The Morgan fingerprint density at radius 3 is 2.61 bits per heavy atom. The fourth-order valence-electron chi connectivity index (χ4n) is 3.15. The van der Waals surface area contributed by atoms with Crippen LogP contribution in [0.25, 0.3) is 11.5 Å². The van der Waals surface area contributed by atoms with Crippen molar-refractivity contribution >= 4 is 22.9 Å². The summed E-state index contributed by atoms with van der Waals surface area (Å²) in [5, 5.41) is 5.89. The number of hydrogen-bond donors (Lipinski definition) is 1. The van der Waals surface area contributed by atoms with Crippen molar-refractivity contribution in [1.29, 1.82) is 0 Å². The Morgan fingerprint density at radius 1 is 1.14 bits per heavy atom. The van der Waals surface area contributed by atoms with Gasteiger partial charge in [-0.1, -0.05) is 0 Å². The van der Waals surface area contributed by atoms with Gasteiger partial charge in [-0.2, -0.15) is 0 Å². The molecule has 1 aliphatic rings. The van der Waals surface area contributed by atoms with E-state index in [4.69, 9.17) is 4.42 Å². The number of carbonyl (C=O) groups excluding carboxylic acids is 1. The number of amides is 1. The SMILES string of the molecule is O=C(CN1CCN(Cc2nc(-c3ccco3)cs2)CC1)Nc1ccc(F)cc1. The lowest BCUT2D eigenvalue weighted by molar-refractivity contribution is -0.117. The predicted octanol–water partition coefficient (Wildman–Crippen LogP) is 3.30. The van der Waals surface area contributed by atoms with Gasteiger partial charge in [-0.15, -0.1) is 11.3 Å². The second-order valence-corrected chi connectivity index (χ2v) is 7.65. The highest BCUT2D eigenvalue weighted by molar-refractivity contribution is 7.09. The van der Waals surface area contributed by atoms with E-state index in [-0.39, 0.29) is 11.7 Å². The van der Waals surface area contributed by atoms with Gasteiger partial charge < -0.3 is 9.73 Å². The maximum absolute atomic E-state index is 12.9. The first-order valence-corrected chi connectivity index (χ1v) is 10.0. The number of rotatable bonds is 6. The molecule has 4 rings (SSSR count). The van der Waals surface area contributed by atoms with Crippen LogP contribution in [-0.2, 0) is 11.3 Å². The molecular formula is C20H21FN4O2S. The van der Waals surface area contributed by atoms with Gasteiger partial charge in [0.2, 0.25) is 5.91 Å². The van der Waals surface area contributed by atoms with Gasteiger partial charge in [0.05, 0.1) is 19.4 Å². The van der Waals surface area contributed by atoms with Crippen LogP contribution in [0.5, 0.6) is 0 Å². The number of hydrogen-bond acceptors (Lipinski definition) is 6. The topological polar surface area (TPSA) is 61.6 Å². The molecule has 1 aromatic carbocycles. The van der Waals surface area contributed by atoms with E-state index in [9.17, 15) is 9.18 Å². The monoisotopic (exact) mass is 400 g/mol. The van der Waals surface area contributed by atoms with Crippen molar-refractivity contribution in [2.45, 2.75) is 6.54 Å². The second kappa shape index (κ2) is 8.64. The Hall–Kier alpha value is -2.55. The molecule has 0 unspecified atom stereocenters. The number of aromatic nitrogens is 1. The highest BCUT2D eigenvalue weighted by Crippen LogP contribution is 2.23. The van der Waals surface area contributed by atoms with E-state index in [0.717, 1.165) is 49.2 Å². The summed E-state index contributed by atoms with van der Waals surface area (Å²) in [7, 11) is 0. The molecule has 1 amide bonds. The van der Waals surface area contributed by atoms with Crippen molar-refractivity contribution in [1.82, 2.24) is 14.8 Å². The largest absolute Gasteiger partial charge is 0.463 e. The summed E-state index contributed by atoms with van der Waals surface area (Å²) >= 11 is 1.64. The van der Waals surface area contributed by atoms with Gasteiger partial charge in [-0.25, -0.2) is 9.37 Å². The average Bonchev–Trinajstić information content (AvgIpc) is 3.37. The van der Waals surface area contributed by atoms with E-state index in [1.165, 1.54) is 12.1 Å². The van der Waals surface area contributed by atoms with Crippen LogP contribution in [0.1, 0.15) is 5.01 Å². The third kappa shape index (κ3) is 4.83. The van der Waals surface area contributed by atoms with Crippen LogP contribution in [-0.4, -0.2) is 53.4 Å². The van der Waals surface area contributed by atoms with E-state index in [2.05, 4.69) is 20.1 Å². The summed E-state index contributed by atoms with van der Waals surface area (Å²) in [4.78, 5) is 21.3. The fourth-order valence-corrected chi connectivity index (χ4v) is 3.98. The molecule has 0 bridgehead atoms. The van der Waals surface area contributed by atoms with Gasteiger partial charge in [-0.05, 0) is 36.4 Å². The normalized spacial score (nSPS) is 15.6. The number of furan rings is 1. The Kier molecular flexibility index (Phi) is 5.80. The van der Waals surface area contributed by atoms with Gasteiger partial charge in [0.15, 0.2) is 5.76 Å². The molecule has 0 spiro atoms. The molecule has 3 aromatic rings. The van der Waals surface area contributed by atoms with Crippen molar-refractivity contribution in [3.8, 4) is 11.5 Å². The van der Waals surface area contributed by atoms with Crippen molar-refractivity contribution in [2.75, 3.05) is 38.0 Å². The summed E-state index contributed by atoms with van der Waals surface area (Å²) in [6, 6.07) is 9.58. The highest BCUT2D eigenvalue weighted by atomic mass is 32.1. The summed E-state index contributed by atoms with van der Waals surface area (Å²) in [5.41, 5.74) is 1.49. The van der Waals surface area contributed by atoms with Crippen LogP contribution in [0, 0.1) is 5.82 Å². The minimum atomic E-state index is -0.314. The Balaban J connectivity index is 1.22. The standard InChI is InChI=1S/C20H21FN4O2S/c21-15-3-5-16(6-4-15)22-19(26)12-24-7-9-25(10-8-24)13-20-23-17(14-28-20)18-2-1-11-27-18/h1-6,11,14H,7-10,12-13H2,(H,22,26). The van der Waals surface area contributed by atoms with Gasteiger partial charge in [-0.3, -0.25) is 14.6 Å². The lowest BCUT2D eigenvalue weighted by atomic mass is 10.3. The number of thiazole rings is 1. The van der Waals surface area contributed by atoms with Crippen molar-refractivity contribution < 1.29 is 13.6 Å². The molecule has 2 aromatic heterocycles. The van der Waals surface area contributed by atoms with Gasteiger partial charge in [0, 0.05) is 37.2 Å². The first-order chi connectivity index (χ1) is 13.7. The lowest BCUT2D eigenvalue weighted by Crippen LogP contribution is -2.48.